The predicted octanol–water partition coefficient (Wildman–Crippen LogP) is 2.05. The van der Waals surface area contributed by atoms with Crippen LogP contribution in [0.4, 0.5) is 0 Å². The summed E-state index contributed by atoms with van der Waals surface area (Å²) in [4.78, 5) is 12.7. The zero-order valence-corrected chi connectivity index (χ0v) is 11.9. The lowest BCUT2D eigenvalue weighted by Gasteiger charge is -2.15. The van der Waals surface area contributed by atoms with Crippen LogP contribution in [-0.2, 0) is 11.3 Å². The number of pyridine rings is 1. The molecule has 3 heterocycles. The van der Waals surface area contributed by atoms with Crippen LogP contribution in [0.1, 0.15) is 18.5 Å². The van der Waals surface area contributed by atoms with Gasteiger partial charge in [0.1, 0.15) is 5.56 Å². The smallest absolute Gasteiger partial charge is 0.284 e. The average Bonchev–Trinajstić information content (AvgIpc) is 3.06. The summed E-state index contributed by atoms with van der Waals surface area (Å²) in [5.74, 6) is 0.223. The van der Waals surface area contributed by atoms with Gasteiger partial charge >= 0.3 is 0 Å². The molecule has 0 bridgehead atoms. The van der Waals surface area contributed by atoms with Crippen LogP contribution in [0.2, 0.25) is 0 Å². The molecule has 1 aliphatic rings. The minimum Gasteiger partial charge on any atom is -0.409 e. The van der Waals surface area contributed by atoms with E-state index in [2.05, 4.69) is 10.2 Å². The van der Waals surface area contributed by atoms with Crippen LogP contribution in [0.15, 0.2) is 21.3 Å². The number of nitrogens with one attached hydrogen (secondary N) is 1. The van der Waals surface area contributed by atoms with Crippen molar-refractivity contribution in [3.8, 4) is 11.5 Å². The number of ether oxygens (including phenoxy) is 1. The van der Waals surface area contributed by atoms with Gasteiger partial charge in [-0.2, -0.15) is 0 Å². The van der Waals surface area contributed by atoms with Gasteiger partial charge in [0, 0.05) is 12.3 Å². The van der Waals surface area contributed by atoms with E-state index in [4.69, 9.17) is 21.4 Å². The van der Waals surface area contributed by atoms with Gasteiger partial charge in [0.15, 0.2) is 0 Å². The first-order chi connectivity index (χ1) is 9.65. The minimum atomic E-state index is -0.134. The Balaban J connectivity index is 2.01. The molecule has 1 aliphatic heterocycles. The molecule has 106 valence electrons. The largest absolute Gasteiger partial charge is 0.409 e. The van der Waals surface area contributed by atoms with Gasteiger partial charge in [-0.15, -0.1) is 5.10 Å². The van der Waals surface area contributed by atoms with Crippen LogP contribution < -0.4 is 5.56 Å². The van der Waals surface area contributed by atoms with Crippen LogP contribution in [0.3, 0.4) is 0 Å². The fourth-order valence-electron chi connectivity index (χ4n) is 2.40. The second kappa shape index (κ2) is 5.34. The lowest BCUT2D eigenvalue weighted by Crippen LogP contribution is -2.29. The second-order valence-corrected chi connectivity index (χ2v) is 5.23. The summed E-state index contributed by atoms with van der Waals surface area (Å²) in [7, 11) is 0. The molecule has 0 aliphatic carbocycles. The maximum absolute atomic E-state index is 12.5. The van der Waals surface area contributed by atoms with E-state index >= 15 is 0 Å². The fourth-order valence-corrected chi connectivity index (χ4v) is 2.52. The Bertz CT molecular complexity index is 725. The lowest BCUT2D eigenvalue weighted by atomic mass is 10.2. The van der Waals surface area contributed by atoms with Crippen LogP contribution in [0.25, 0.3) is 11.5 Å². The highest BCUT2D eigenvalue weighted by Gasteiger charge is 2.19. The maximum Gasteiger partial charge on any atom is 0.284 e. The normalized spacial score (nSPS) is 18.6. The van der Waals surface area contributed by atoms with Gasteiger partial charge in [-0.05, 0) is 44.1 Å². The van der Waals surface area contributed by atoms with E-state index in [1.54, 1.807) is 10.6 Å². The van der Waals surface area contributed by atoms with Crippen molar-refractivity contribution in [3.05, 3.63) is 33.0 Å². The summed E-state index contributed by atoms with van der Waals surface area (Å²) in [6.45, 7) is 3.23. The zero-order chi connectivity index (χ0) is 14.1. The molecular weight excluding hydrogens is 278 g/mol. The number of rotatable bonds is 3. The van der Waals surface area contributed by atoms with Crippen molar-refractivity contribution in [3.63, 3.8) is 0 Å². The minimum absolute atomic E-state index is 0.104. The van der Waals surface area contributed by atoms with Crippen LogP contribution in [0, 0.1) is 11.8 Å². The van der Waals surface area contributed by atoms with Gasteiger partial charge in [-0.25, -0.2) is 5.10 Å². The van der Waals surface area contributed by atoms with Crippen molar-refractivity contribution < 1.29 is 9.15 Å². The van der Waals surface area contributed by atoms with Crippen molar-refractivity contribution in [2.45, 2.75) is 32.4 Å². The van der Waals surface area contributed by atoms with Gasteiger partial charge in [-0.1, -0.05) is 0 Å². The second-order valence-electron chi connectivity index (χ2n) is 4.86. The third-order valence-electron chi connectivity index (χ3n) is 3.47. The summed E-state index contributed by atoms with van der Waals surface area (Å²) < 4.78 is 12.5. The molecule has 0 amide bonds. The summed E-state index contributed by atoms with van der Waals surface area (Å²) in [5.41, 5.74) is 1.16. The van der Waals surface area contributed by atoms with Gasteiger partial charge in [0.05, 0.1) is 12.6 Å². The SMILES string of the molecule is Cc1ccc(-c2n[nH]c(=S)o2)c(=O)n1CC1CCCO1. The number of aromatic amines is 1. The van der Waals surface area contributed by atoms with Crippen molar-refractivity contribution in [1.82, 2.24) is 14.8 Å². The summed E-state index contributed by atoms with van der Waals surface area (Å²) in [5, 5.41) is 6.44. The standard InChI is InChI=1S/C13H15N3O3S/c1-8-4-5-10(11-14-15-13(20)19-11)12(17)16(8)7-9-3-2-6-18-9/h4-5,9H,2-3,6-7H2,1H3,(H,15,20). The van der Waals surface area contributed by atoms with Crippen LogP contribution in [0.5, 0.6) is 0 Å². The topological polar surface area (TPSA) is 73.0 Å². The molecule has 1 atom stereocenters. The molecule has 3 rings (SSSR count). The maximum atomic E-state index is 12.5. The molecule has 0 spiro atoms. The Morgan fingerprint density at radius 2 is 2.40 bits per heavy atom. The van der Waals surface area contributed by atoms with E-state index in [0.717, 1.165) is 25.1 Å². The Hall–Kier alpha value is -1.73. The monoisotopic (exact) mass is 293 g/mol. The van der Waals surface area contributed by atoms with E-state index < -0.39 is 0 Å². The first-order valence-corrected chi connectivity index (χ1v) is 6.94. The van der Waals surface area contributed by atoms with Gasteiger partial charge < -0.3 is 13.7 Å². The zero-order valence-electron chi connectivity index (χ0n) is 11.1. The number of aryl methyl sites for hydroxylation is 1. The Morgan fingerprint density at radius 3 is 3.05 bits per heavy atom. The summed E-state index contributed by atoms with van der Waals surface area (Å²) in [6.07, 6.45) is 2.14. The van der Waals surface area contributed by atoms with E-state index in [1.165, 1.54) is 0 Å². The summed E-state index contributed by atoms with van der Waals surface area (Å²) in [6, 6.07) is 3.58. The quantitative estimate of drug-likeness (QED) is 0.877. The molecule has 7 heteroatoms. The number of aromatic nitrogens is 3. The van der Waals surface area contributed by atoms with Crippen LogP contribution in [-0.4, -0.2) is 27.5 Å². The third kappa shape index (κ3) is 2.46. The third-order valence-corrected chi connectivity index (χ3v) is 3.65. The highest BCUT2D eigenvalue weighted by atomic mass is 32.1. The molecule has 1 fully saturated rings. The van der Waals surface area contributed by atoms with E-state index in [0.29, 0.717) is 12.1 Å². The fraction of sp³-hybridized carbons (Fsp3) is 0.462. The van der Waals surface area contributed by atoms with Crippen molar-refractivity contribution in [1.29, 1.82) is 0 Å². The number of nitrogens with zero attached hydrogens (tertiary/aromatic N) is 2. The Labute approximate surface area is 120 Å². The van der Waals surface area contributed by atoms with E-state index in [1.807, 2.05) is 13.0 Å². The molecule has 0 radical (unpaired) electrons. The number of hydrogen-bond acceptors (Lipinski definition) is 5. The van der Waals surface area contributed by atoms with E-state index in [9.17, 15) is 4.79 Å². The first kappa shape index (κ1) is 13.3. The Kier molecular flexibility index (Phi) is 3.54. The van der Waals surface area contributed by atoms with Crippen molar-refractivity contribution in [2.75, 3.05) is 6.61 Å². The van der Waals surface area contributed by atoms with Crippen LogP contribution >= 0.6 is 12.2 Å². The molecule has 6 nitrogen and oxygen atoms in total. The Morgan fingerprint density at radius 1 is 1.55 bits per heavy atom. The predicted molar refractivity (Wildman–Crippen MR) is 75.1 cm³/mol. The highest BCUT2D eigenvalue weighted by molar-refractivity contribution is 7.71. The molecule has 2 aromatic heterocycles. The first-order valence-electron chi connectivity index (χ1n) is 6.53. The molecule has 0 saturated carbocycles. The van der Waals surface area contributed by atoms with Gasteiger partial charge in [0.25, 0.3) is 16.3 Å². The van der Waals surface area contributed by atoms with Gasteiger partial charge in [0.2, 0.25) is 0 Å². The molecule has 0 aromatic carbocycles. The number of H-pyrrole nitrogens is 1. The summed E-state index contributed by atoms with van der Waals surface area (Å²) >= 11 is 4.84. The lowest BCUT2D eigenvalue weighted by molar-refractivity contribution is 0.0957. The van der Waals surface area contributed by atoms with E-state index in [-0.39, 0.29) is 22.4 Å². The van der Waals surface area contributed by atoms with Crippen molar-refractivity contribution >= 4 is 12.2 Å². The molecule has 1 saturated heterocycles. The molecular formula is C13H15N3O3S. The average molecular weight is 293 g/mol. The van der Waals surface area contributed by atoms with Gasteiger partial charge in [-0.3, -0.25) is 4.79 Å². The van der Waals surface area contributed by atoms with Crippen molar-refractivity contribution in [2.24, 2.45) is 0 Å². The molecule has 1 unspecified atom stereocenters. The highest BCUT2D eigenvalue weighted by Crippen LogP contribution is 2.16. The number of hydrogen-bond donors (Lipinski definition) is 1. The molecule has 20 heavy (non-hydrogen) atoms. The molecule has 2 aromatic rings. The molecule has 1 N–H and O–H groups in total.